The molecule has 0 aromatic heterocycles. The summed E-state index contributed by atoms with van der Waals surface area (Å²) in [5, 5.41) is 0. The number of ether oxygens (including phenoxy) is 1. The number of primary amides is 1. The quantitative estimate of drug-likeness (QED) is 0.596. The second kappa shape index (κ2) is 4.32. The van der Waals surface area contributed by atoms with Crippen molar-refractivity contribution in [1.82, 2.24) is 0 Å². The van der Waals surface area contributed by atoms with Gasteiger partial charge in [0.2, 0.25) is 5.91 Å². The average Bonchev–Trinajstić information content (AvgIpc) is 1.82. The van der Waals surface area contributed by atoms with Gasteiger partial charge in [-0.25, -0.2) is 0 Å². The van der Waals surface area contributed by atoms with E-state index in [2.05, 4.69) is 0 Å². The first-order chi connectivity index (χ1) is 4.22. The molecular formula is C6H13NO2. The Morgan fingerprint density at radius 2 is 2.33 bits per heavy atom. The highest BCUT2D eigenvalue weighted by atomic mass is 16.5. The van der Waals surface area contributed by atoms with Crippen LogP contribution in [0, 0.1) is 0 Å². The second-order valence-corrected chi connectivity index (χ2v) is 1.92. The molecule has 0 aliphatic carbocycles. The lowest BCUT2D eigenvalue weighted by Crippen LogP contribution is -2.29. The monoisotopic (exact) mass is 131 g/mol. The molecule has 0 fully saturated rings. The fourth-order valence-corrected chi connectivity index (χ4v) is 0.638. The molecule has 1 atom stereocenters. The van der Waals surface area contributed by atoms with Crippen molar-refractivity contribution in [2.24, 2.45) is 5.73 Å². The Bertz CT molecular complexity index is 93.1. The van der Waals surface area contributed by atoms with Crippen molar-refractivity contribution in [2.75, 3.05) is 7.11 Å². The Morgan fingerprint density at radius 1 is 1.78 bits per heavy atom. The number of hydrogen-bond acceptors (Lipinski definition) is 2. The molecule has 0 aromatic rings. The van der Waals surface area contributed by atoms with E-state index in [1.807, 2.05) is 6.92 Å². The highest BCUT2D eigenvalue weighted by molar-refractivity contribution is 5.78. The van der Waals surface area contributed by atoms with Gasteiger partial charge in [-0.05, 0) is 6.42 Å². The number of carbonyl (C=O) groups excluding carboxylic acids is 1. The maximum atomic E-state index is 10.4. The molecule has 9 heavy (non-hydrogen) atoms. The average molecular weight is 131 g/mol. The van der Waals surface area contributed by atoms with Crippen LogP contribution in [-0.2, 0) is 9.53 Å². The van der Waals surface area contributed by atoms with Gasteiger partial charge >= 0.3 is 0 Å². The first kappa shape index (κ1) is 8.43. The summed E-state index contributed by atoms with van der Waals surface area (Å²) in [4.78, 5) is 10.4. The molecule has 0 rings (SSSR count). The Hall–Kier alpha value is -0.570. The molecule has 3 nitrogen and oxygen atoms in total. The summed E-state index contributed by atoms with van der Waals surface area (Å²) in [6.45, 7) is 1.98. The van der Waals surface area contributed by atoms with E-state index in [1.165, 1.54) is 7.11 Å². The van der Waals surface area contributed by atoms with Crippen LogP contribution in [0.5, 0.6) is 0 Å². The van der Waals surface area contributed by atoms with Crippen molar-refractivity contribution in [2.45, 2.75) is 25.9 Å². The first-order valence-corrected chi connectivity index (χ1v) is 3.04. The van der Waals surface area contributed by atoms with Crippen LogP contribution < -0.4 is 5.73 Å². The fraction of sp³-hybridized carbons (Fsp3) is 0.833. The molecule has 1 amide bonds. The molecule has 0 bridgehead atoms. The zero-order chi connectivity index (χ0) is 7.28. The lowest BCUT2D eigenvalue weighted by Gasteiger charge is -2.07. The second-order valence-electron chi connectivity index (χ2n) is 1.92. The summed E-state index contributed by atoms with van der Waals surface area (Å²) in [6.07, 6.45) is 1.24. The maximum Gasteiger partial charge on any atom is 0.246 e. The zero-order valence-corrected chi connectivity index (χ0v) is 5.89. The third-order valence-corrected chi connectivity index (χ3v) is 1.15. The number of nitrogens with two attached hydrogens (primary N) is 1. The minimum atomic E-state index is -0.394. The molecule has 0 spiro atoms. The van der Waals surface area contributed by atoms with Crippen LogP contribution in [-0.4, -0.2) is 19.1 Å². The van der Waals surface area contributed by atoms with Gasteiger partial charge in [-0.3, -0.25) is 4.79 Å². The van der Waals surface area contributed by atoms with Crippen molar-refractivity contribution < 1.29 is 9.53 Å². The molecule has 0 heterocycles. The summed E-state index contributed by atoms with van der Waals surface area (Å²) < 4.78 is 4.78. The van der Waals surface area contributed by atoms with Crippen molar-refractivity contribution >= 4 is 5.91 Å². The SMILES string of the molecule is CCCC(OC)C(N)=O. The molecule has 0 saturated carbocycles. The number of rotatable bonds is 4. The smallest absolute Gasteiger partial charge is 0.246 e. The molecule has 0 radical (unpaired) electrons. The molecule has 3 heteroatoms. The largest absolute Gasteiger partial charge is 0.372 e. The third-order valence-electron chi connectivity index (χ3n) is 1.15. The number of hydrogen-bond donors (Lipinski definition) is 1. The van der Waals surface area contributed by atoms with Crippen LogP contribution >= 0.6 is 0 Å². The van der Waals surface area contributed by atoms with E-state index in [4.69, 9.17) is 10.5 Å². The zero-order valence-electron chi connectivity index (χ0n) is 5.89. The Labute approximate surface area is 55.2 Å². The van der Waals surface area contributed by atoms with E-state index < -0.39 is 6.10 Å². The van der Waals surface area contributed by atoms with Crippen molar-refractivity contribution in [3.05, 3.63) is 0 Å². The summed E-state index contributed by atoms with van der Waals surface area (Å²) >= 11 is 0. The Morgan fingerprint density at radius 3 is 2.44 bits per heavy atom. The number of methoxy groups -OCH3 is 1. The number of amides is 1. The molecule has 0 aliphatic heterocycles. The topological polar surface area (TPSA) is 52.3 Å². The van der Waals surface area contributed by atoms with E-state index in [0.29, 0.717) is 6.42 Å². The first-order valence-electron chi connectivity index (χ1n) is 3.04. The van der Waals surface area contributed by atoms with Crippen LogP contribution in [0.1, 0.15) is 19.8 Å². The lowest BCUT2D eigenvalue weighted by molar-refractivity contribution is -0.128. The lowest BCUT2D eigenvalue weighted by atomic mass is 10.2. The van der Waals surface area contributed by atoms with Gasteiger partial charge in [0.05, 0.1) is 0 Å². The van der Waals surface area contributed by atoms with E-state index in [9.17, 15) is 4.79 Å². The minimum Gasteiger partial charge on any atom is -0.372 e. The van der Waals surface area contributed by atoms with Crippen LogP contribution in [0.25, 0.3) is 0 Å². The van der Waals surface area contributed by atoms with Crippen molar-refractivity contribution in [3.63, 3.8) is 0 Å². The van der Waals surface area contributed by atoms with E-state index >= 15 is 0 Å². The summed E-state index contributed by atoms with van der Waals surface area (Å²) in [5.74, 6) is -0.376. The predicted octanol–water partition coefficient (Wildman–Crippen LogP) is 0.287. The molecular weight excluding hydrogens is 118 g/mol. The van der Waals surface area contributed by atoms with E-state index in [1.54, 1.807) is 0 Å². The molecule has 0 aromatic carbocycles. The Balaban J connectivity index is 3.54. The predicted molar refractivity (Wildman–Crippen MR) is 34.9 cm³/mol. The summed E-state index contributed by atoms with van der Waals surface area (Å²) in [6, 6.07) is 0. The van der Waals surface area contributed by atoms with Gasteiger partial charge in [0.1, 0.15) is 6.10 Å². The number of carbonyl (C=O) groups is 1. The minimum absolute atomic E-state index is 0.376. The van der Waals surface area contributed by atoms with Crippen molar-refractivity contribution in [3.8, 4) is 0 Å². The molecule has 54 valence electrons. The Kier molecular flexibility index (Phi) is 4.05. The van der Waals surface area contributed by atoms with Crippen LogP contribution in [0.15, 0.2) is 0 Å². The molecule has 0 saturated heterocycles. The fourth-order valence-electron chi connectivity index (χ4n) is 0.638. The third kappa shape index (κ3) is 3.08. The van der Waals surface area contributed by atoms with Gasteiger partial charge in [0.25, 0.3) is 0 Å². The maximum absolute atomic E-state index is 10.4. The summed E-state index contributed by atoms with van der Waals surface area (Å²) in [5.41, 5.74) is 4.97. The summed E-state index contributed by atoms with van der Waals surface area (Å²) in [7, 11) is 1.49. The highest BCUT2D eigenvalue weighted by Gasteiger charge is 2.10. The normalized spacial score (nSPS) is 13.1. The van der Waals surface area contributed by atoms with Gasteiger partial charge < -0.3 is 10.5 Å². The van der Waals surface area contributed by atoms with Crippen LogP contribution in [0.4, 0.5) is 0 Å². The molecule has 0 aliphatic rings. The van der Waals surface area contributed by atoms with Crippen LogP contribution in [0.2, 0.25) is 0 Å². The van der Waals surface area contributed by atoms with E-state index in [0.717, 1.165) is 6.42 Å². The molecule has 1 unspecified atom stereocenters. The van der Waals surface area contributed by atoms with Gasteiger partial charge in [-0.15, -0.1) is 0 Å². The van der Waals surface area contributed by atoms with Gasteiger partial charge in [0, 0.05) is 7.11 Å². The van der Waals surface area contributed by atoms with Gasteiger partial charge in [0.15, 0.2) is 0 Å². The van der Waals surface area contributed by atoms with Gasteiger partial charge in [-0.1, -0.05) is 13.3 Å². The van der Waals surface area contributed by atoms with Crippen molar-refractivity contribution in [1.29, 1.82) is 0 Å². The van der Waals surface area contributed by atoms with Crippen LogP contribution in [0.3, 0.4) is 0 Å². The molecule has 2 N–H and O–H groups in total. The van der Waals surface area contributed by atoms with E-state index in [-0.39, 0.29) is 5.91 Å². The van der Waals surface area contributed by atoms with Gasteiger partial charge in [-0.2, -0.15) is 0 Å². The highest BCUT2D eigenvalue weighted by Crippen LogP contribution is 1.98. The standard InChI is InChI=1S/C6H13NO2/c1-3-4-5(9-2)6(7)8/h5H,3-4H2,1-2H3,(H2,7,8).